The van der Waals surface area contributed by atoms with Crippen LogP contribution in [0.3, 0.4) is 0 Å². The van der Waals surface area contributed by atoms with Gasteiger partial charge in [0.2, 0.25) is 0 Å². The minimum absolute atomic E-state index is 0.215. The fraction of sp³-hybridized carbons (Fsp3) is 0.154. The van der Waals surface area contributed by atoms with Crippen molar-refractivity contribution in [3.05, 3.63) is 96.1 Å². The molecule has 3 aromatic carbocycles. The van der Waals surface area contributed by atoms with E-state index in [-0.39, 0.29) is 30.1 Å². The topological polar surface area (TPSA) is 55.8 Å². The first kappa shape index (κ1) is 25.7. The number of ether oxygens (including phenoxy) is 2. The van der Waals surface area contributed by atoms with Gasteiger partial charge in [0.15, 0.2) is 11.5 Å². The predicted octanol–water partition coefficient (Wildman–Crippen LogP) is 7.41. The molecule has 5 nitrogen and oxygen atoms in total. The molecule has 1 saturated heterocycles. The van der Waals surface area contributed by atoms with Crippen LogP contribution in [0.4, 0.5) is 9.18 Å². The molecule has 2 amide bonds. The van der Waals surface area contributed by atoms with Crippen LogP contribution >= 0.6 is 50.3 Å². The van der Waals surface area contributed by atoms with Gasteiger partial charge in [0.1, 0.15) is 12.4 Å². The van der Waals surface area contributed by atoms with Crippen molar-refractivity contribution in [2.24, 2.45) is 0 Å². The summed E-state index contributed by atoms with van der Waals surface area (Å²) in [5, 5.41) is -0.303. The van der Waals surface area contributed by atoms with E-state index >= 15 is 0 Å². The quantitative estimate of drug-likeness (QED) is 0.185. The molecule has 0 unspecified atom stereocenters. The fourth-order valence-corrected chi connectivity index (χ4v) is 5.25. The molecule has 180 valence electrons. The minimum atomic E-state index is -0.326. The molecule has 4 rings (SSSR count). The van der Waals surface area contributed by atoms with Crippen molar-refractivity contribution in [3.8, 4) is 11.5 Å². The van der Waals surface area contributed by atoms with Gasteiger partial charge in [-0.2, -0.15) is 0 Å². The van der Waals surface area contributed by atoms with Gasteiger partial charge < -0.3 is 9.47 Å². The Morgan fingerprint density at radius 3 is 2.40 bits per heavy atom. The van der Waals surface area contributed by atoms with Crippen LogP contribution in [-0.2, 0) is 17.9 Å². The standard InChI is InChI=1S/C26H20BrFINO4S/c1-2-33-22-12-18(11-21(29)24(22)34-15-17-5-9-20(28)10-6-17)13-23-25(31)30(26(32)35-23)14-16-3-7-19(27)8-4-16/h3-13H,2,14-15H2,1H3/b23-13-. The molecule has 0 aliphatic carbocycles. The lowest BCUT2D eigenvalue weighted by Crippen LogP contribution is -2.27. The van der Waals surface area contributed by atoms with Crippen LogP contribution in [0.2, 0.25) is 0 Å². The summed E-state index contributed by atoms with van der Waals surface area (Å²) in [7, 11) is 0. The number of imide groups is 1. The van der Waals surface area contributed by atoms with Gasteiger partial charge in [-0.05, 0) is 100 Å². The zero-order valence-corrected chi connectivity index (χ0v) is 23.2. The summed E-state index contributed by atoms with van der Waals surface area (Å²) in [4.78, 5) is 27.1. The number of carbonyl (C=O) groups is 2. The molecule has 0 bridgehead atoms. The number of thioether (sulfide) groups is 1. The largest absolute Gasteiger partial charge is 0.490 e. The lowest BCUT2D eigenvalue weighted by Gasteiger charge is -2.15. The summed E-state index contributed by atoms with van der Waals surface area (Å²) >= 11 is 6.46. The summed E-state index contributed by atoms with van der Waals surface area (Å²) in [6.07, 6.45) is 1.70. The Hall–Kier alpha value is -2.37. The van der Waals surface area contributed by atoms with Gasteiger partial charge in [-0.3, -0.25) is 14.5 Å². The summed E-state index contributed by atoms with van der Waals surface area (Å²) in [6, 6.07) is 17.3. The molecule has 0 atom stereocenters. The van der Waals surface area contributed by atoms with Crippen molar-refractivity contribution in [2.75, 3.05) is 6.61 Å². The fourth-order valence-electron chi connectivity index (χ4n) is 3.37. The number of amides is 2. The van der Waals surface area contributed by atoms with Gasteiger partial charge in [-0.1, -0.05) is 40.2 Å². The first-order valence-corrected chi connectivity index (χ1v) is 13.4. The maximum atomic E-state index is 13.2. The van der Waals surface area contributed by atoms with Crippen LogP contribution in [-0.4, -0.2) is 22.7 Å². The summed E-state index contributed by atoms with van der Waals surface area (Å²) in [5.41, 5.74) is 2.42. The van der Waals surface area contributed by atoms with Crippen molar-refractivity contribution < 1.29 is 23.5 Å². The third-order valence-electron chi connectivity index (χ3n) is 5.05. The number of hydrogen-bond donors (Lipinski definition) is 0. The average molecular weight is 668 g/mol. The summed E-state index contributed by atoms with van der Waals surface area (Å²) in [5.74, 6) is 0.468. The van der Waals surface area contributed by atoms with E-state index in [9.17, 15) is 14.0 Å². The van der Waals surface area contributed by atoms with Crippen LogP contribution in [0.5, 0.6) is 11.5 Å². The van der Waals surface area contributed by atoms with Crippen LogP contribution in [0.1, 0.15) is 23.6 Å². The van der Waals surface area contributed by atoms with Gasteiger partial charge in [0.25, 0.3) is 11.1 Å². The highest BCUT2D eigenvalue weighted by Crippen LogP contribution is 2.38. The zero-order valence-electron chi connectivity index (χ0n) is 18.6. The molecule has 0 aromatic heterocycles. The van der Waals surface area contributed by atoms with Crippen molar-refractivity contribution in [1.29, 1.82) is 0 Å². The first-order chi connectivity index (χ1) is 16.8. The van der Waals surface area contributed by atoms with E-state index in [2.05, 4.69) is 38.5 Å². The van der Waals surface area contributed by atoms with E-state index in [1.54, 1.807) is 24.3 Å². The Bertz CT molecular complexity index is 1280. The molecule has 1 aliphatic heterocycles. The molecule has 1 fully saturated rings. The van der Waals surface area contributed by atoms with E-state index in [4.69, 9.17) is 9.47 Å². The highest BCUT2D eigenvalue weighted by atomic mass is 127. The average Bonchev–Trinajstić information content (AvgIpc) is 3.08. The van der Waals surface area contributed by atoms with Crippen LogP contribution < -0.4 is 9.47 Å². The van der Waals surface area contributed by atoms with Crippen molar-refractivity contribution in [2.45, 2.75) is 20.1 Å². The smallest absolute Gasteiger partial charge is 0.293 e. The van der Waals surface area contributed by atoms with E-state index < -0.39 is 0 Å². The Kier molecular flexibility index (Phi) is 8.51. The van der Waals surface area contributed by atoms with Crippen molar-refractivity contribution in [1.82, 2.24) is 4.90 Å². The van der Waals surface area contributed by atoms with Gasteiger partial charge in [-0.25, -0.2) is 4.39 Å². The molecule has 1 aliphatic rings. The summed E-state index contributed by atoms with van der Waals surface area (Å²) in [6.45, 7) is 2.77. The van der Waals surface area contributed by atoms with Gasteiger partial charge in [0, 0.05) is 4.47 Å². The Balaban J connectivity index is 1.54. The second kappa shape index (κ2) is 11.6. The summed E-state index contributed by atoms with van der Waals surface area (Å²) < 4.78 is 26.7. The predicted molar refractivity (Wildman–Crippen MR) is 147 cm³/mol. The molecule has 0 spiro atoms. The molecule has 3 aromatic rings. The van der Waals surface area contributed by atoms with Crippen molar-refractivity contribution in [3.63, 3.8) is 0 Å². The third-order valence-corrected chi connectivity index (χ3v) is 7.29. The maximum absolute atomic E-state index is 13.2. The van der Waals surface area contributed by atoms with Crippen LogP contribution in [0, 0.1) is 9.39 Å². The van der Waals surface area contributed by atoms with Crippen LogP contribution in [0.15, 0.2) is 70.0 Å². The monoisotopic (exact) mass is 667 g/mol. The van der Waals surface area contributed by atoms with Gasteiger partial charge in [0.05, 0.1) is 21.6 Å². The van der Waals surface area contributed by atoms with Gasteiger partial charge >= 0.3 is 0 Å². The van der Waals surface area contributed by atoms with E-state index in [1.165, 1.54) is 17.0 Å². The lowest BCUT2D eigenvalue weighted by atomic mass is 10.1. The molecule has 1 heterocycles. The van der Waals surface area contributed by atoms with E-state index in [0.29, 0.717) is 23.0 Å². The first-order valence-electron chi connectivity index (χ1n) is 10.7. The number of benzene rings is 3. The highest BCUT2D eigenvalue weighted by Gasteiger charge is 2.35. The normalized spacial score (nSPS) is 14.6. The SMILES string of the molecule is CCOc1cc(/C=C2\SC(=O)N(Cc3ccc(Br)cc3)C2=O)cc(I)c1OCc1ccc(F)cc1. The Morgan fingerprint density at radius 2 is 1.71 bits per heavy atom. The Morgan fingerprint density at radius 1 is 1.03 bits per heavy atom. The second-order valence-electron chi connectivity index (χ2n) is 7.57. The molecule has 0 radical (unpaired) electrons. The number of carbonyl (C=O) groups excluding carboxylic acids is 2. The van der Waals surface area contributed by atoms with Crippen LogP contribution in [0.25, 0.3) is 6.08 Å². The van der Waals surface area contributed by atoms with E-state index in [0.717, 1.165) is 36.5 Å². The number of halogens is 3. The highest BCUT2D eigenvalue weighted by molar-refractivity contribution is 14.1. The number of nitrogens with zero attached hydrogens (tertiary/aromatic N) is 1. The lowest BCUT2D eigenvalue weighted by molar-refractivity contribution is -0.123. The maximum Gasteiger partial charge on any atom is 0.293 e. The molecular formula is C26H20BrFINO4S. The van der Waals surface area contributed by atoms with Gasteiger partial charge in [-0.15, -0.1) is 0 Å². The minimum Gasteiger partial charge on any atom is -0.490 e. The molecule has 35 heavy (non-hydrogen) atoms. The molecular weight excluding hydrogens is 648 g/mol. The number of rotatable bonds is 8. The molecule has 0 saturated carbocycles. The molecule has 0 N–H and O–H groups in total. The van der Waals surface area contributed by atoms with Crippen molar-refractivity contribution >= 4 is 67.5 Å². The second-order valence-corrected chi connectivity index (χ2v) is 10.6. The zero-order chi connectivity index (χ0) is 24.9. The van der Waals surface area contributed by atoms with E-state index in [1.807, 2.05) is 37.3 Å². The molecule has 9 heteroatoms. The number of hydrogen-bond acceptors (Lipinski definition) is 5. The third kappa shape index (κ3) is 6.45. The Labute approximate surface area is 228 Å².